The van der Waals surface area contributed by atoms with Crippen molar-refractivity contribution in [3.63, 3.8) is 0 Å². The van der Waals surface area contributed by atoms with E-state index in [4.69, 9.17) is 4.74 Å². The predicted molar refractivity (Wildman–Crippen MR) is 82.3 cm³/mol. The second-order valence-corrected chi connectivity index (χ2v) is 7.06. The topological polar surface area (TPSA) is 55.3 Å². The fourth-order valence-corrected chi connectivity index (χ4v) is 4.12. The smallest absolute Gasteiger partial charge is 0.316 e. The molecule has 0 bridgehead atoms. The number of amides is 1. The van der Waals surface area contributed by atoms with Crippen LogP contribution in [0.2, 0.25) is 0 Å². The van der Waals surface area contributed by atoms with Gasteiger partial charge in [-0.2, -0.15) is 0 Å². The Morgan fingerprint density at radius 3 is 2.77 bits per heavy atom. The highest BCUT2D eigenvalue weighted by Crippen LogP contribution is 2.29. The maximum absolute atomic E-state index is 12.7. The molecule has 1 saturated heterocycles. The highest BCUT2D eigenvalue weighted by atomic mass is 32.2. The second-order valence-electron chi connectivity index (χ2n) is 5.77. The Kier molecular flexibility index (Phi) is 5.12. The number of carbonyl (C=O) groups is 1. The molecule has 1 unspecified atom stereocenters. The Morgan fingerprint density at radius 1 is 1.32 bits per heavy atom. The lowest BCUT2D eigenvalue weighted by molar-refractivity contribution is -0.127. The van der Waals surface area contributed by atoms with E-state index in [2.05, 4.69) is 9.97 Å². The first-order valence-electron chi connectivity index (χ1n) is 7.74. The Hall–Kier alpha value is -1.37. The first-order chi connectivity index (χ1) is 10.7. The van der Waals surface area contributed by atoms with Crippen LogP contribution in [0.25, 0.3) is 0 Å². The highest BCUT2D eigenvalue weighted by Gasteiger charge is 2.28. The molecule has 7 heteroatoms. The van der Waals surface area contributed by atoms with Crippen molar-refractivity contribution in [2.24, 2.45) is 0 Å². The fraction of sp³-hybridized carbons (Fsp3) is 0.667. The molecule has 1 amide bonds. The molecule has 5 nitrogen and oxygen atoms in total. The van der Waals surface area contributed by atoms with Crippen molar-refractivity contribution < 1.29 is 13.9 Å². The van der Waals surface area contributed by atoms with Crippen LogP contribution in [0.5, 0.6) is 6.01 Å². The molecular weight excluding hydrogens is 305 g/mol. The van der Waals surface area contributed by atoms with Crippen molar-refractivity contribution in [1.82, 2.24) is 14.9 Å². The summed E-state index contributed by atoms with van der Waals surface area (Å²) in [6.45, 7) is 1.26. The van der Waals surface area contributed by atoms with Crippen molar-refractivity contribution in [1.29, 1.82) is 0 Å². The maximum atomic E-state index is 12.7. The third-order valence-electron chi connectivity index (χ3n) is 4.11. The second kappa shape index (κ2) is 7.26. The standard InChI is InChI=1S/C15H20FN3O2S/c16-11-7-17-15(18-8-11)21-12-5-6-19(9-12)14(20)10-22-13-3-1-2-4-13/h7-8,12-13H,1-6,9-10H2. The van der Waals surface area contributed by atoms with Gasteiger partial charge in [0.2, 0.25) is 5.91 Å². The summed E-state index contributed by atoms with van der Waals surface area (Å²) < 4.78 is 18.3. The van der Waals surface area contributed by atoms with E-state index in [1.807, 2.05) is 4.90 Å². The van der Waals surface area contributed by atoms with E-state index in [1.54, 1.807) is 11.8 Å². The van der Waals surface area contributed by atoms with E-state index in [0.717, 1.165) is 18.8 Å². The zero-order chi connectivity index (χ0) is 15.4. The molecule has 0 spiro atoms. The van der Waals surface area contributed by atoms with Gasteiger partial charge in [0.15, 0.2) is 5.82 Å². The molecule has 0 radical (unpaired) electrons. The minimum Gasteiger partial charge on any atom is -0.458 e. The average molecular weight is 325 g/mol. The van der Waals surface area contributed by atoms with Gasteiger partial charge in [0.1, 0.15) is 6.10 Å². The zero-order valence-electron chi connectivity index (χ0n) is 12.4. The summed E-state index contributed by atoms with van der Waals surface area (Å²) in [6.07, 6.45) is 7.90. The molecule has 0 aromatic carbocycles. The van der Waals surface area contributed by atoms with Crippen LogP contribution in [0.15, 0.2) is 12.4 Å². The van der Waals surface area contributed by atoms with Crippen LogP contribution in [-0.4, -0.2) is 51.0 Å². The van der Waals surface area contributed by atoms with Crippen molar-refractivity contribution in [2.45, 2.75) is 43.5 Å². The Bertz CT molecular complexity index is 508. The molecule has 2 heterocycles. The average Bonchev–Trinajstić information content (AvgIpc) is 3.19. The number of ether oxygens (including phenoxy) is 1. The summed E-state index contributed by atoms with van der Waals surface area (Å²) in [5, 5.41) is 0.659. The molecule has 0 N–H and O–H groups in total. The number of nitrogens with zero attached hydrogens (tertiary/aromatic N) is 3. The summed E-state index contributed by atoms with van der Waals surface area (Å²) in [6, 6.07) is 0.168. The van der Waals surface area contributed by atoms with Gasteiger partial charge >= 0.3 is 6.01 Å². The van der Waals surface area contributed by atoms with Gasteiger partial charge in [-0.15, -0.1) is 11.8 Å². The molecule has 120 valence electrons. The van der Waals surface area contributed by atoms with E-state index in [1.165, 1.54) is 25.7 Å². The monoisotopic (exact) mass is 325 g/mol. The van der Waals surface area contributed by atoms with Gasteiger partial charge in [-0.25, -0.2) is 14.4 Å². The van der Waals surface area contributed by atoms with E-state index in [-0.39, 0.29) is 18.0 Å². The lowest BCUT2D eigenvalue weighted by Crippen LogP contribution is -2.32. The first-order valence-corrected chi connectivity index (χ1v) is 8.79. The predicted octanol–water partition coefficient (Wildman–Crippen LogP) is 2.27. The van der Waals surface area contributed by atoms with Crippen LogP contribution in [0.1, 0.15) is 32.1 Å². The number of hydrogen-bond donors (Lipinski definition) is 0. The Balaban J connectivity index is 1.42. The summed E-state index contributed by atoms with van der Waals surface area (Å²) >= 11 is 1.79. The lowest BCUT2D eigenvalue weighted by atomic mass is 10.3. The van der Waals surface area contributed by atoms with Crippen LogP contribution in [0.3, 0.4) is 0 Å². The van der Waals surface area contributed by atoms with Gasteiger partial charge in [0.05, 0.1) is 24.7 Å². The number of hydrogen-bond acceptors (Lipinski definition) is 5. The molecule has 2 aliphatic rings. The van der Waals surface area contributed by atoms with Gasteiger partial charge < -0.3 is 9.64 Å². The summed E-state index contributed by atoms with van der Waals surface area (Å²) in [5.41, 5.74) is 0. The molecule has 22 heavy (non-hydrogen) atoms. The van der Waals surface area contributed by atoms with Gasteiger partial charge in [-0.1, -0.05) is 12.8 Å². The third kappa shape index (κ3) is 4.09. The Labute approximate surface area is 133 Å². The molecule has 3 rings (SSSR count). The largest absolute Gasteiger partial charge is 0.458 e. The number of aromatic nitrogens is 2. The molecule has 1 aliphatic carbocycles. The van der Waals surface area contributed by atoms with Gasteiger partial charge in [0.25, 0.3) is 0 Å². The number of carbonyl (C=O) groups excluding carboxylic acids is 1. The molecule has 1 atom stereocenters. The molecule has 1 aromatic heterocycles. The van der Waals surface area contributed by atoms with Gasteiger partial charge in [-0.3, -0.25) is 4.79 Å². The van der Waals surface area contributed by atoms with E-state index in [0.29, 0.717) is 24.1 Å². The zero-order valence-corrected chi connectivity index (χ0v) is 13.2. The minimum atomic E-state index is -0.487. The van der Waals surface area contributed by atoms with Crippen LogP contribution in [-0.2, 0) is 4.79 Å². The minimum absolute atomic E-state index is 0.106. The summed E-state index contributed by atoms with van der Waals surface area (Å²) in [4.78, 5) is 21.6. The fourth-order valence-electron chi connectivity index (χ4n) is 2.90. The molecule has 1 aromatic rings. The highest BCUT2D eigenvalue weighted by molar-refractivity contribution is 8.00. The van der Waals surface area contributed by atoms with Crippen LogP contribution < -0.4 is 4.74 Å². The SMILES string of the molecule is O=C(CSC1CCCC1)N1CCC(Oc2ncc(F)cn2)C1. The van der Waals surface area contributed by atoms with Crippen molar-refractivity contribution in [3.05, 3.63) is 18.2 Å². The van der Waals surface area contributed by atoms with Crippen LogP contribution >= 0.6 is 11.8 Å². The number of rotatable bonds is 5. The van der Waals surface area contributed by atoms with Crippen molar-refractivity contribution in [2.75, 3.05) is 18.8 Å². The van der Waals surface area contributed by atoms with E-state index in [9.17, 15) is 9.18 Å². The van der Waals surface area contributed by atoms with Gasteiger partial charge in [-0.05, 0) is 12.8 Å². The number of thioether (sulfide) groups is 1. The number of halogens is 1. The quantitative estimate of drug-likeness (QED) is 0.831. The molecule has 1 saturated carbocycles. The van der Waals surface area contributed by atoms with Crippen molar-refractivity contribution in [3.8, 4) is 6.01 Å². The summed E-state index contributed by atoms with van der Waals surface area (Å²) in [5.74, 6) is 0.257. The number of likely N-dealkylation sites (tertiary alicyclic amines) is 1. The van der Waals surface area contributed by atoms with Crippen LogP contribution in [0.4, 0.5) is 4.39 Å². The maximum Gasteiger partial charge on any atom is 0.316 e. The molecule has 2 fully saturated rings. The summed E-state index contributed by atoms with van der Waals surface area (Å²) in [7, 11) is 0. The van der Waals surface area contributed by atoms with Crippen molar-refractivity contribution >= 4 is 17.7 Å². The Morgan fingerprint density at radius 2 is 2.05 bits per heavy atom. The normalized spacial score (nSPS) is 22.2. The van der Waals surface area contributed by atoms with Gasteiger partial charge in [0, 0.05) is 18.2 Å². The lowest BCUT2D eigenvalue weighted by Gasteiger charge is -2.17. The molecular formula is C15H20FN3O2S. The van der Waals surface area contributed by atoms with Crippen LogP contribution in [0, 0.1) is 5.82 Å². The first kappa shape index (κ1) is 15.5. The third-order valence-corrected chi connectivity index (χ3v) is 5.47. The van der Waals surface area contributed by atoms with E-state index < -0.39 is 5.82 Å². The van der Waals surface area contributed by atoms with E-state index >= 15 is 0 Å². The molecule has 1 aliphatic heterocycles.